The van der Waals surface area contributed by atoms with Gasteiger partial charge in [-0.15, -0.1) is 0 Å². The summed E-state index contributed by atoms with van der Waals surface area (Å²) < 4.78 is 5.12. The molecule has 9 heteroatoms. The van der Waals surface area contributed by atoms with Crippen LogP contribution in [0.15, 0.2) is 37.1 Å². The average molecular weight is 442 g/mol. The van der Waals surface area contributed by atoms with E-state index in [-0.39, 0.29) is 17.9 Å². The molecule has 2 amide bonds. The fourth-order valence-corrected chi connectivity index (χ4v) is 4.23. The van der Waals surface area contributed by atoms with E-state index in [0.717, 1.165) is 30.5 Å². The van der Waals surface area contributed by atoms with Crippen LogP contribution in [0, 0.1) is 0 Å². The van der Waals surface area contributed by atoms with Crippen molar-refractivity contribution >= 4 is 35.1 Å². The number of halogens is 1. The third-order valence-corrected chi connectivity index (χ3v) is 5.86. The maximum Gasteiger partial charge on any atom is 0.253 e. The lowest BCUT2D eigenvalue weighted by atomic mass is 9.98. The van der Waals surface area contributed by atoms with Crippen LogP contribution < -0.4 is 15.0 Å². The van der Waals surface area contributed by atoms with E-state index < -0.39 is 0 Å². The standard InChI is InChI=1S/C22H24ClN5O3/c1-3-19(29)28-9-4-5-14-11-15(6-7-18(14)28)21(30)27-10-8-16(13-27)25-22-24-12-17(23)20(26-22)31-2/h3,6-7,11-12,16H,1,4-5,8-10,13H2,2H3,(H,24,25,26)/t16-/m1/s1. The van der Waals surface area contributed by atoms with E-state index in [4.69, 9.17) is 16.3 Å². The molecule has 0 bridgehead atoms. The minimum atomic E-state index is -0.116. The summed E-state index contributed by atoms with van der Waals surface area (Å²) in [6.07, 6.45) is 5.31. The first-order valence-electron chi connectivity index (χ1n) is 10.2. The van der Waals surface area contributed by atoms with Crippen molar-refractivity contribution in [3.63, 3.8) is 0 Å². The molecule has 162 valence electrons. The molecule has 0 radical (unpaired) electrons. The summed E-state index contributed by atoms with van der Waals surface area (Å²) in [5.41, 5.74) is 2.52. The molecule has 0 saturated carbocycles. The number of likely N-dealkylation sites (tertiary alicyclic amines) is 1. The minimum absolute atomic E-state index is 0.0196. The lowest BCUT2D eigenvalue weighted by Crippen LogP contribution is -2.35. The molecule has 8 nitrogen and oxygen atoms in total. The van der Waals surface area contributed by atoms with Gasteiger partial charge in [0.1, 0.15) is 5.02 Å². The number of hydrogen-bond donors (Lipinski definition) is 1. The first-order chi connectivity index (χ1) is 15.0. The van der Waals surface area contributed by atoms with E-state index in [9.17, 15) is 9.59 Å². The highest BCUT2D eigenvalue weighted by molar-refractivity contribution is 6.31. The molecule has 1 atom stereocenters. The quantitative estimate of drug-likeness (QED) is 0.718. The van der Waals surface area contributed by atoms with Crippen molar-refractivity contribution in [2.45, 2.75) is 25.3 Å². The van der Waals surface area contributed by atoms with E-state index in [1.165, 1.54) is 19.4 Å². The van der Waals surface area contributed by atoms with Gasteiger partial charge >= 0.3 is 0 Å². The Balaban J connectivity index is 1.44. The van der Waals surface area contributed by atoms with Crippen LogP contribution >= 0.6 is 11.6 Å². The van der Waals surface area contributed by atoms with Gasteiger partial charge in [-0.1, -0.05) is 18.2 Å². The molecular weight excluding hydrogens is 418 g/mol. The highest BCUT2D eigenvalue weighted by Gasteiger charge is 2.29. The molecule has 1 aromatic heterocycles. The van der Waals surface area contributed by atoms with Crippen molar-refractivity contribution in [2.24, 2.45) is 0 Å². The Kier molecular flexibility index (Phi) is 6.08. The van der Waals surface area contributed by atoms with Gasteiger partial charge in [-0.25, -0.2) is 4.98 Å². The van der Waals surface area contributed by atoms with Gasteiger partial charge in [0.2, 0.25) is 17.7 Å². The largest absolute Gasteiger partial charge is 0.480 e. The first-order valence-corrected chi connectivity index (χ1v) is 10.6. The van der Waals surface area contributed by atoms with Gasteiger partial charge < -0.3 is 19.9 Å². The van der Waals surface area contributed by atoms with Gasteiger partial charge in [0, 0.05) is 36.9 Å². The fourth-order valence-electron chi connectivity index (χ4n) is 4.06. The first kappa shape index (κ1) is 21.1. The maximum absolute atomic E-state index is 13.1. The zero-order valence-electron chi connectivity index (χ0n) is 17.3. The Morgan fingerprint density at radius 1 is 1.35 bits per heavy atom. The van der Waals surface area contributed by atoms with Crippen LogP contribution in [0.25, 0.3) is 0 Å². The number of amides is 2. The van der Waals surface area contributed by atoms with Crippen LogP contribution in [0.5, 0.6) is 5.88 Å². The molecule has 1 N–H and O–H groups in total. The molecule has 1 saturated heterocycles. The van der Waals surface area contributed by atoms with Crippen molar-refractivity contribution in [3.8, 4) is 5.88 Å². The third kappa shape index (κ3) is 4.34. The topological polar surface area (TPSA) is 87.7 Å². The Labute approximate surface area is 185 Å². The van der Waals surface area contributed by atoms with E-state index >= 15 is 0 Å². The molecular formula is C22H24ClN5O3. The summed E-state index contributed by atoms with van der Waals surface area (Å²) in [5.74, 6) is 0.591. The van der Waals surface area contributed by atoms with Crippen LogP contribution in [-0.2, 0) is 11.2 Å². The molecule has 0 unspecified atom stereocenters. The molecule has 31 heavy (non-hydrogen) atoms. The van der Waals surface area contributed by atoms with Crippen LogP contribution in [0.4, 0.5) is 11.6 Å². The van der Waals surface area contributed by atoms with E-state index in [1.807, 2.05) is 17.0 Å². The van der Waals surface area contributed by atoms with Gasteiger partial charge in [-0.2, -0.15) is 4.98 Å². The van der Waals surface area contributed by atoms with Crippen molar-refractivity contribution in [3.05, 3.63) is 53.2 Å². The highest BCUT2D eigenvalue weighted by Crippen LogP contribution is 2.29. The summed E-state index contributed by atoms with van der Waals surface area (Å²) in [5, 5.41) is 3.59. The number of carbonyl (C=O) groups is 2. The predicted molar refractivity (Wildman–Crippen MR) is 119 cm³/mol. The summed E-state index contributed by atoms with van der Waals surface area (Å²) >= 11 is 5.97. The van der Waals surface area contributed by atoms with Gasteiger partial charge in [0.25, 0.3) is 5.91 Å². The zero-order valence-corrected chi connectivity index (χ0v) is 18.1. The second-order valence-corrected chi connectivity index (χ2v) is 7.98. The number of methoxy groups -OCH3 is 1. The second kappa shape index (κ2) is 8.93. The predicted octanol–water partition coefficient (Wildman–Crippen LogP) is 2.93. The van der Waals surface area contributed by atoms with Crippen molar-refractivity contribution < 1.29 is 14.3 Å². The van der Waals surface area contributed by atoms with Gasteiger partial charge in [0.05, 0.1) is 13.3 Å². The number of aromatic nitrogens is 2. The molecule has 0 spiro atoms. The van der Waals surface area contributed by atoms with E-state index in [2.05, 4.69) is 21.9 Å². The number of nitrogens with zero attached hydrogens (tertiary/aromatic N) is 4. The SMILES string of the molecule is C=CC(=O)N1CCCc2cc(C(=O)N3CC[C@@H](Nc4ncc(Cl)c(OC)n4)C3)ccc21. The molecule has 0 aliphatic carbocycles. The Morgan fingerprint density at radius 2 is 2.19 bits per heavy atom. The molecule has 4 rings (SSSR count). The minimum Gasteiger partial charge on any atom is -0.480 e. The second-order valence-electron chi connectivity index (χ2n) is 7.57. The smallest absolute Gasteiger partial charge is 0.253 e. The monoisotopic (exact) mass is 441 g/mol. The zero-order chi connectivity index (χ0) is 22.0. The Hall–Kier alpha value is -3.13. The van der Waals surface area contributed by atoms with Gasteiger partial charge in [0.15, 0.2) is 0 Å². The number of rotatable bonds is 5. The lowest BCUT2D eigenvalue weighted by Gasteiger charge is -2.29. The molecule has 2 aliphatic heterocycles. The summed E-state index contributed by atoms with van der Waals surface area (Å²) in [4.78, 5) is 37.1. The Morgan fingerprint density at radius 3 is 2.97 bits per heavy atom. The number of hydrogen-bond acceptors (Lipinski definition) is 6. The molecule has 1 aromatic carbocycles. The fraction of sp³-hybridized carbons (Fsp3) is 0.364. The Bertz CT molecular complexity index is 1030. The van der Waals surface area contributed by atoms with Crippen molar-refractivity contribution in [2.75, 3.05) is 37.0 Å². The summed E-state index contributed by atoms with van der Waals surface area (Å²) in [6.45, 7) is 5.43. The van der Waals surface area contributed by atoms with E-state index in [1.54, 1.807) is 11.0 Å². The van der Waals surface area contributed by atoms with Crippen molar-refractivity contribution in [1.29, 1.82) is 0 Å². The van der Waals surface area contributed by atoms with Gasteiger partial charge in [-0.3, -0.25) is 9.59 Å². The maximum atomic E-state index is 13.1. The number of nitrogens with one attached hydrogen (secondary N) is 1. The lowest BCUT2D eigenvalue weighted by molar-refractivity contribution is -0.114. The van der Waals surface area contributed by atoms with Gasteiger partial charge in [-0.05, 0) is 49.1 Å². The molecule has 1 fully saturated rings. The highest BCUT2D eigenvalue weighted by atomic mass is 35.5. The number of aryl methyl sites for hydroxylation is 1. The van der Waals surface area contributed by atoms with Crippen LogP contribution in [0.1, 0.15) is 28.8 Å². The van der Waals surface area contributed by atoms with Crippen LogP contribution in [0.3, 0.4) is 0 Å². The average Bonchev–Trinajstić information content (AvgIpc) is 3.26. The number of carbonyl (C=O) groups excluding carboxylic acids is 2. The number of benzene rings is 1. The van der Waals surface area contributed by atoms with Crippen molar-refractivity contribution in [1.82, 2.24) is 14.9 Å². The van der Waals surface area contributed by atoms with E-state index in [0.29, 0.717) is 42.0 Å². The number of anilines is 2. The normalized spacial score (nSPS) is 17.8. The van der Waals surface area contributed by atoms with Crippen LogP contribution in [0.2, 0.25) is 5.02 Å². The third-order valence-electron chi connectivity index (χ3n) is 5.60. The summed E-state index contributed by atoms with van der Waals surface area (Å²) in [6, 6.07) is 5.61. The van der Waals surface area contributed by atoms with Crippen LogP contribution in [-0.4, -0.2) is 59.5 Å². The summed E-state index contributed by atoms with van der Waals surface area (Å²) in [7, 11) is 1.50. The number of ether oxygens (including phenoxy) is 1. The molecule has 3 heterocycles. The number of fused-ring (bicyclic) bond motifs is 1. The molecule has 2 aromatic rings. The molecule has 2 aliphatic rings.